The number of hydrogen-bond acceptors (Lipinski definition) is 5. The third-order valence-electron chi connectivity index (χ3n) is 6.91. The Kier molecular flexibility index (Phi) is 6.46. The fourth-order valence-corrected chi connectivity index (χ4v) is 4.88. The summed E-state index contributed by atoms with van der Waals surface area (Å²) in [5, 5.41) is 3.25. The van der Waals surface area contributed by atoms with Crippen molar-refractivity contribution < 1.29 is 18.7 Å². The van der Waals surface area contributed by atoms with E-state index in [0.717, 1.165) is 57.5 Å². The summed E-state index contributed by atoms with van der Waals surface area (Å²) in [5.41, 5.74) is 0.219. The molecule has 7 heteroatoms. The number of nitrogens with one attached hydrogen (secondary N) is 1. The number of ether oxygens (including phenoxy) is 1. The number of amides is 2. The first-order valence-electron chi connectivity index (χ1n) is 11.2. The molecule has 3 fully saturated rings. The van der Waals surface area contributed by atoms with E-state index in [9.17, 15) is 9.59 Å². The molecule has 1 N–H and O–H groups in total. The molecule has 2 amide bonds. The van der Waals surface area contributed by atoms with Crippen molar-refractivity contribution in [3.05, 3.63) is 30.2 Å². The van der Waals surface area contributed by atoms with Gasteiger partial charge in [-0.3, -0.25) is 9.69 Å². The molecule has 30 heavy (non-hydrogen) atoms. The lowest BCUT2D eigenvalue weighted by Crippen LogP contribution is -2.47. The number of furan rings is 1. The summed E-state index contributed by atoms with van der Waals surface area (Å²) in [6.45, 7) is 6.54. The molecule has 7 nitrogen and oxygen atoms in total. The highest BCUT2D eigenvalue weighted by atomic mass is 16.6. The molecule has 1 atom stereocenters. The molecule has 1 spiro atoms. The van der Waals surface area contributed by atoms with Crippen molar-refractivity contribution in [2.24, 2.45) is 11.3 Å². The van der Waals surface area contributed by atoms with Gasteiger partial charge >= 0.3 is 6.09 Å². The van der Waals surface area contributed by atoms with E-state index in [1.807, 2.05) is 25.1 Å². The van der Waals surface area contributed by atoms with E-state index in [1.165, 1.54) is 0 Å². The molecule has 1 aromatic rings. The minimum atomic E-state index is -0.241. The first-order chi connectivity index (χ1) is 14.6. The highest BCUT2D eigenvalue weighted by Crippen LogP contribution is 2.59. The summed E-state index contributed by atoms with van der Waals surface area (Å²) in [5.74, 6) is 1.27. The molecule has 0 aromatic carbocycles. The monoisotopic (exact) mass is 415 g/mol. The topological polar surface area (TPSA) is 75.0 Å². The maximum absolute atomic E-state index is 12.8. The lowest BCUT2D eigenvalue weighted by molar-refractivity contribution is -0.124. The van der Waals surface area contributed by atoms with E-state index >= 15 is 0 Å². The van der Waals surface area contributed by atoms with Crippen LogP contribution in [0.3, 0.4) is 0 Å². The van der Waals surface area contributed by atoms with Gasteiger partial charge in [0.15, 0.2) is 0 Å². The Labute approximate surface area is 178 Å². The minimum Gasteiger partial charge on any atom is -0.465 e. The van der Waals surface area contributed by atoms with Gasteiger partial charge in [0.05, 0.1) is 12.9 Å². The van der Waals surface area contributed by atoms with Crippen LogP contribution in [0, 0.1) is 11.3 Å². The molecule has 0 unspecified atom stereocenters. The van der Waals surface area contributed by atoms with E-state index in [2.05, 4.69) is 16.3 Å². The number of nitrogens with zero attached hydrogens (tertiary/aromatic N) is 2. The van der Waals surface area contributed by atoms with Gasteiger partial charge in [0.1, 0.15) is 5.76 Å². The summed E-state index contributed by atoms with van der Waals surface area (Å²) in [7, 11) is 0. The van der Waals surface area contributed by atoms with E-state index < -0.39 is 0 Å². The average Bonchev–Trinajstić information content (AvgIpc) is 3.19. The number of likely N-dealkylation sites (tertiary alicyclic amines) is 2. The predicted octanol–water partition coefficient (Wildman–Crippen LogP) is 3.13. The number of carbonyl (C=O) groups excluding carboxylic acids is 2. The minimum absolute atomic E-state index is 0.168. The molecule has 4 rings (SSSR count). The van der Waals surface area contributed by atoms with Gasteiger partial charge in [0.25, 0.3) is 0 Å². The van der Waals surface area contributed by atoms with E-state index in [0.29, 0.717) is 19.7 Å². The van der Waals surface area contributed by atoms with Crippen molar-refractivity contribution >= 4 is 18.1 Å². The largest absolute Gasteiger partial charge is 0.465 e. The number of hydrogen-bond donors (Lipinski definition) is 1. The molecule has 1 saturated carbocycles. The second kappa shape index (κ2) is 9.25. The lowest BCUT2D eigenvalue weighted by Gasteiger charge is -2.33. The second-order valence-electron chi connectivity index (χ2n) is 8.81. The predicted molar refractivity (Wildman–Crippen MR) is 114 cm³/mol. The summed E-state index contributed by atoms with van der Waals surface area (Å²) in [4.78, 5) is 28.8. The molecule has 164 valence electrons. The fourth-order valence-electron chi connectivity index (χ4n) is 4.88. The Morgan fingerprint density at radius 3 is 2.70 bits per heavy atom. The van der Waals surface area contributed by atoms with Crippen LogP contribution < -0.4 is 5.32 Å². The van der Waals surface area contributed by atoms with Gasteiger partial charge < -0.3 is 19.4 Å². The molecule has 0 bridgehead atoms. The van der Waals surface area contributed by atoms with Crippen LogP contribution in [0.1, 0.15) is 44.8 Å². The van der Waals surface area contributed by atoms with Crippen molar-refractivity contribution in [1.82, 2.24) is 15.1 Å². The van der Waals surface area contributed by atoms with Crippen LogP contribution in [0.4, 0.5) is 4.79 Å². The Hall–Kier alpha value is -2.28. The zero-order chi connectivity index (χ0) is 21.0. The fraction of sp³-hybridized carbons (Fsp3) is 0.652. The van der Waals surface area contributed by atoms with Crippen molar-refractivity contribution in [2.45, 2.75) is 45.1 Å². The zero-order valence-corrected chi connectivity index (χ0v) is 17.8. The molecular formula is C23H33N3O4. The van der Waals surface area contributed by atoms with Crippen molar-refractivity contribution in [1.29, 1.82) is 0 Å². The first-order valence-corrected chi connectivity index (χ1v) is 11.2. The van der Waals surface area contributed by atoms with Crippen LogP contribution in [-0.2, 0) is 9.53 Å². The highest BCUT2D eigenvalue weighted by molar-refractivity contribution is 5.83. The highest BCUT2D eigenvalue weighted by Gasteiger charge is 2.58. The van der Waals surface area contributed by atoms with Gasteiger partial charge in [-0.25, -0.2) is 4.79 Å². The molecule has 0 radical (unpaired) electrons. The van der Waals surface area contributed by atoms with Gasteiger partial charge in [0, 0.05) is 31.6 Å². The summed E-state index contributed by atoms with van der Waals surface area (Å²) >= 11 is 0. The zero-order valence-electron chi connectivity index (χ0n) is 17.8. The van der Waals surface area contributed by atoms with Gasteiger partial charge in [-0.2, -0.15) is 0 Å². The molecule has 3 aliphatic rings. The number of carbonyl (C=O) groups is 2. The SMILES string of the molecule is CCOC(=O)N1CCC(NC(=O)[C@@H]2CC23CCN(C/C=C/c2ccco2)CC3)CC1. The van der Waals surface area contributed by atoms with Crippen molar-refractivity contribution in [3.63, 3.8) is 0 Å². The van der Waals surface area contributed by atoms with Gasteiger partial charge in [0.2, 0.25) is 5.91 Å². The third kappa shape index (κ3) is 4.89. The van der Waals surface area contributed by atoms with Crippen LogP contribution in [0.15, 0.2) is 28.9 Å². The van der Waals surface area contributed by atoms with Crippen LogP contribution in [0.2, 0.25) is 0 Å². The van der Waals surface area contributed by atoms with Crippen molar-refractivity contribution in [2.75, 3.05) is 39.3 Å². The Morgan fingerprint density at radius 2 is 2.03 bits per heavy atom. The smallest absolute Gasteiger partial charge is 0.409 e. The number of rotatable bonds is 6. The van der Waals surface area contributed by atoms with Crippen LogP contribution in [0.5, 0.6) is 0 Å². The summed E-state index contributed by atoms with van der Waals surface area (Å²) < 4.78 is 10.4. The van der Waals surface area contributed by atoms with Crippen LogP contribution >= 0.6 is 0 Å². The quantitative estimate of drug-likeness (QED) is 0.773. The van der Waals surface area contributed by atoms with Crippen molar-refractivity contribution in [3.8, 4) is 0 Å². The van der Waals surface area contributed by atoms with Crippen LogP contribution in [0.25, 0.3) is 6.08 Å². The third-order valence-corrected chi connectivity index (χ3v) is 6.91. The number of piperidine rings is 2. The molecule has 2 aliphatic heterocycles. The van der Waals surface area contributed by atoms with Gasteiger partial charge in [-0.1, -0.05) is 6.08 Å². The van der Waals surface area contributed by atoms with Gasteiger partial charge in [-0.15, -0.1) is 0 Å². The molecule has 2 saturated heterocycles. The molecule has 1 aliphatic carbocycles. The Bertz CT molecular complexity index is 745. The van der Waals surface area contributed by atoms with E-state index in [-0.39, 0.29) is 29.4 Å². The maximum atomic E-state index is 12.8. The molecular weight excluding hydrogens is 382 g/mol. The second-order valence-corrected chi connectivity index (χ2v) is 8.81. The molecule has 3 heterocycles. The molecule has 1 aromatic heterocycles. The normalized spacial score (nSPS) is 24.3. The van der Waals surface area contributed by atoms with Gasteiger partial charge in [-0.05, 0) is 75.7 Å². The van der Waals surface area contributed by atoms with E-state index in [4.69, 9.17) is 9.15 Å². The Morgan fingerprint density at radius 1 is 1.27 bits per heavy atom. The first kappa shape index (κ1) is 21.0. The average molecular weight is 416 g/mol. The standard InChI is InChI=1S/C23H33N3O4/c1-2-29-22(28)26-12-7-18(8-13-26)24-21(27)20-17-23(20)9-14-25(15-10-23)11-3-5-19-6-4-16-30-19/h3-6,16,18,20H,2,7-15,17H2,1H3,(H,24,27)/b5-3+/t20-/m0/s1. The summed E-state index contributed by atoms with van der Waals surface area (Å²) in [6.07, 6.45) is 10.4. The van der Waals surface area contributed by atoms with E-state index in [1.54, 1.807) is 11.2 Å². The summed E-state index contributed by atoms with van der Waals surface area (Å²) in [6, 6.07) is 4.02. The lowest BCUT2D eigenvalue weighted by atomic mass is 9.90. The Balaban J connectivity index is 1.16. The maximum Gasteiger partial charge on any atom is 0.409 e. The van der Waals surface area contributed by atoms with Crippen LogP contribution in [-0.4, -0.2) is 67.2 Å².